The molecule has 0 aliphatic rings. The van der Waals surface area contributed by atoms with E-state index in [1.54, 1.807) is 0 Å². The highest BCUT2D eigenvalue weighted by Crippen LogP contribution is 2.27. The number of halogens is 1. The Morgan fingerprint density at radius 2 is 1.93 bits per heavy atom. The van der Waals surface area contributed by atoms with Crippen LogP contribution in [0.4, 0.5) is 0 Å². The highest BCUT2D eigenvalue weighted by molar-refractivity contribution is 9.08. The van der Waals surface area contributed by atoms with E-state index in [0.717, 1.165) is 11.1 Å². The second-order valence-electron chi connectivity index (χ2n) is 3.86. The molecule has 1 aromatic rings. The summed E-state index contributed by atoms with van der Waals surface area (Å²) in [5.41, 5.74) is 3.80. The Hall–Kier alpha value is -0.500. The molecule has 0 amide bonds. The lowest BCUT2D eigenvalue weighted by Gasteiger charge is -2.15. The highest BCUT2D eigenvalue weighted by Gasteiger charge is 2.08. The van der Waals surface area contributed by atoms with Crippen LogP contribution in [0.15, 0.2) is 12.1 Å². The minimum atomic E-state index is 0.231. The van der Waals surface area contributed by atoms with Gasteiger partial charge in [0.15, 0.2) is 0 Å². The summed E-state index contributed by atoms with van der Waals surface area (Å²) in [7, 11) is 0. The molecule has 0 aliphatic carbocycles. The Labute approximate surface area is 94.6 Å². The van der Waals surface area contributed by atoms with E-state index in [-0.39, 0.29) is 6.10 Å². The summed E-state index contributed by atoms with van der Waals surface area (Å²) < 4.78 is 5.77. The largest absolute Gasteiger partial charge is 0.491 e. The van der Waals surface area contributed by atoms with Crippen LogP contribution in [-0.2, 0) is 5.33 Å². The number of hydrogen-bond acceptors (Lipinski definition) is 1. The van der Waals surface area contributed by atoms with Crippen LogP contribution >= 0.6 is 15.9 Å². The van der Waals surface area contributed by atoms with E-state index in [2.05, 4.69) is 55.8 Å². The van der Waals surface area contributed by atoms with Crippen LogP contribution in [0.5, 0.6) is 5.75 Å². The van der Waals surface area contributed by atoms with Crippen molar-refractivity contribution >= 4 is 15.9 Å². The molecular weight excluding hydrogens is 240 g/mol. The first-order valence-corrected chi connectivity index (χ1v) is 5.99. The fourth-order valence-corrected chi connectivity index (χ4v) is 2.21. The lowest BCUT2D eigenvalue weighted by Crippen LogP contribution is -2.08. The molecule has 0 aromatic heterocycles. The van der Waals surface area contributed by atoms with Crippen LogP contribution in [0, 0.1) is 13.8 Å². The quantitative estimate of drug-likeness (QED) is 0.744. The number of ether oxygens (including phenoxy) is 1. The number of benzene rings is 1. The maximum absolute atomic E-state index is 5.77. The van der Waals surface area contributed by atoms with E-state index in [0.29, 0.717) is 0 Å². The Kier molecular flexibility index (Phi) is 3.99. The smallest absolute Gasteiger partial charge is 0.124 e. The summed E-state index contributed by atoms with van der Waals surface area (Å²) in [6, 6.07) is 4.29. The average molecular weight is 257 g/mol. The molecule has 78 valence electrons. The van der Waals surface area contributed by atoms with Gasteiger partial charge in [-0.05, 0) is 44.9 Å². The van der Waals surface area contributed by atoms with Gasteiger partial charge in [0, 0.05) is 10.9 Å². The Morgan fingerprint density at radius 3 is 2.43 bits per heavy atom. The van der Waals surface area contributed by atoms with E-state index in [9.17, 15) is 0 Å². The monoisotopic (exact) mass is 256 g/mol. The van der Waals surface area contributed by atoms with Gasteiger partial charge in [-0.1, -0.05) is 22.0 Å². The maximum Gasteiger partial charge on any atom is 0.124 e. The number of rotatable bonds is 3. The first kappa shape index (κ1) is 11.6. The summed E-state index contributed by atoms with van der Waals surface area (Å²) >= 11 is 3.49. The van der Waals surface area contributed by atoms with E-state index >= 15 is 0 Å². The fourth-order valence-electron chi connectivity index (χ4n) is 1.49. The van der Waals surface area contributed by atoms with Crippen molar-refractivity contribution in [2.24, 2.45) is 0 Å². The summed E-state index contributed by atoms with van der Waals surface area (Å²) in [6.07, 6.45) is 0.231. The van der Waals surface area contributed by atoms with E-state index in [4.69, 9.17) is 4.74 Å². The zero-order chi connectivity index (χ0) is 10.7. The summed E-state index contributed by atoms with van der Waals surface area (Å²) in [6.45, 7) is 8.32. The lowest BCUT2D eigenvalue weighted by molar-refractivity contribution is 0.240. The number of hydrogen-bond donors (Lipinski definition) is 0. The summed E-state index contributed by atoms with van der Waals surface area (Å²) in [4.78, 5) is 0. The Bertz CT molecular complexity index is 318. The summed E-state index contributed by atoms with van der Waals surface area (Å²) in [5.74, 6) is 1.01. The van der Waals surface area contributed by atoms with Crippen LogP contribution in [0.3, 0.4) is 0 Å². The van der Waals surface area contributed by atoms with Crippen molar-refractivity contribution < 1.29 is 4.74 Å². The normalized spacial score (nSPS) is 10.7. The van der Waals surface area contributed by atoms with Crippen molar-refractivity contribution in [3.63, 3.8) is 0 Å². The van der Waals surface area contributed by atoms with Gasteiger partial charge in [-0.2, -0.15) is 0 Å². The number of aryl methyl sites for hydroxylation is 2. The predicted molar refractivity (Wildman–Crippen MR) is 64.3 cm³/mol. The molecule has 0 spiro atoms. The molecule has 0 N–H and O–H groups in total. The molecule has 0 bridgehead atoms. The standard InChI is InChI=1S/C12H17BrO/c1-8(2)14-12-6-9(3)5-10(4)11(12)7-13/h5-6,8H,7H2,1-4H3. The van der Waals surface area contributed by atoms with Gasteiger partial charge in [0.05, 0.1) is 6.10 Å². The Morgan fingerprint density at radius 1 is 1.29 bits per heavy atom. The van der Waals surface area contributed by atoms with Crippen molar-refractivity contribution in [2.45, 2.75) is 39.1 Å². The Balaban J connectivity index is 3.11. The first-order chi connectivity index (χ1) is 6.54. The van der Waals surface area contributed by atoms with E-state index in [1.165, 1.54) is 16.7 Å². The topological polar surface area (TPSA) is 9.23 Å². The van der Waals surface area contributed by atoms with Gasteiger partial charge in [-0.25, -0.2) is 0 Å². The van der Waals surface area contributed by atoms with Crippen molar-refractivity contribution in [3.05, 3.63) is 28.8 Å². The average Bonchev–Trinajstić information content (AvgIpc) is 2.01. The van der Waals surface area contributed by atoms with Crippen molar-refractivity contribution in [3.8, 4) is 5.75 Å². The minimum Gasteiger partial charge on any atom is -0.491 e. The van der Waals surface area contributed by atoms with Crippen molar-refractivity contribution in [1.82, 2.24) is 0 Å². The third-order valence-electron chi connectivity index (χ3n) is 2.07. The van der Waals surface area contributed by atoms with E-state index < -0.39 is 0 Å². The van der Waals surface area contributed by atoms with Gasteiger partial charge in [0.25, 0.3) is 0 Å². The molecule has 2 heteroatoms. The van der Waals surface area contributed by atoms with Gasteiger partial charge < -0.3 is 4.74 Å². The fraction of sp³-hybridized carbons (Fsp3) is 0.500. The molecule has 0 radical (unpaired) electrons. The molecular formula is C12H17BrO. The summed E-state index contributed by atoms with van der Waals surface area (Å²) in [5, 5.41) is 0.848. The third kappa shape index (κ3) is 2.74. The van der Waals surface area contributed by atoms with Crippen molar-refractivity contribution in [2.75, 3.05) is 0 Å². The molecule has 0 atom stereocenters. The zero-order valence-corrected chi connectivity index (χ0v) is 10.8. The lowest BCUT2D eigenvalue weighted by atomic mass is 10.1. The van der Waals surface area contributed by atoms with E-state index in [1.807, 2.05) is 0 Å². The molecule has 0 heterocycles. The zero-order valence-electron chi connectivity index (χ0n) is 9.23. The predicted octanol–water partition coefficient (Wildman–Crippen LogP) is 3.99. The molecule has 1 nitrogen and oxygen atoms in total. The first-order valence-electron chi connectivity index (χ1n) is 4.87. The number of alkyl halides is 1. The molecule has 1 aromatic carbocycles. The van der Waals surface area contributed by atoms with Crippen LogP contribution < -0.4 is 4.74 Å². The van der Waals surface area contributed by atoms with Gasteiger partial charge in [0.2, 0.25) is 0 Å². The minimum absolute atomic E-state index is 0.231. The van der Waals surface area contributed by atoms with Crippen molar-refractivity contribution in [1.29, 1.82) is 0 Å². The van der Waals surface area contributed by atoms with Crippen LogP contribution in [0.2, 0.25) is 0 Å². The van der Waals surface area contributed by atoms with Gasteiger partial charge >= 0.3 is 0 Å². The second-order valence-corrected chi connectivity index (χ2v) is 4.42. The molecule has 1 rings (SSSR count). The third-order valence-corrected chi connectivity index (χ3v) is 2.63. The molecule has 14 heavy (non-hydrogen) atoms. The molecule has 0 saturated carbocycles. The molecule has 0 unspecified atom stereocenters. The van der Waals surface area contributed by atoms with Gasteiger partial charge in [-0.3, -0.25) is 0 Å². The maximum atomic E-state index is 5.77. The van der Waals surface area contributed by atoms with Crippen LogP contribution in [0.1, 0.15) is 30.5 Å². The van der Waals surface area contributed by atoms with Gasteiger partial charge in [-0.15, -0.1) is 0 Å². The second kappa shape index (κ2) is 4.83. The molecule has 0 fully saturated rings. The highest BCUT2D eigenvalue weighted by atomic mass is 79.9. The SMILES string of the molecule is Cc1cc(C)c(CBr)c(OC(C)C)c1. The molecule has 0 aliphatic heterocycles. The molecule has 0 saturated heterocycles. The van der Waals surface area contributed by atoms with Gasteiger partial charge in [0.1, 0.15) is 5.75 Å². The van der Waals surface area contributed by atoms with Crippen LogP contribution in [-0.4, -0.2) is 6.10 Å². The van der Waals surface area contributed by atoms with Crippen LogP contribution in [0.25, 0.3) is 0 Å².